The molecule has 4 N–H and O–H groups in total. The van der Waals surface area contributed by atoms with Gasteiger partial charge in [0.25, 0.3) is 0 Å². The van der Waals surface area contributed by atoms with Crippen molar-refractivity contribution < 1.29 is 30.0 Å². The Morgan fingerprint density at radius 1 is 1.50 bits per heavy atom. The minimum Gasteiger partial charge on any atom is -0.507 e. The van der Waals surface area contributed by atoms with E-state index >= 15 is 0 Å². The van der Waals surface area contributed by atoms with Crippen LogP contribution in [-0.2, 0) is 0 Å². The molecular weight excluding hydrogens is 240 g/mol. The van der Waals surface area contributed by atoms with Gasteiger partial charge in [-0.05, 0) is 6.07 Å². The van der Waals surface area contributed by atoms with Gasteiger partial charge in [-0.25, -0.2) is 0 Å². The van der Waals surface area contributed by atoms with Gasteiger partial charge in [-0.1, -0.05) is 0 Å². The molecule has 0 unspecified atom stereocenters. The molecule has 0 heterocycles. The van der Waals surface area contributed by atoms with Crippen molar-refractivity contribution in [2.24, 2.45) is 0 Å². The third-order valence-electron chi connectivity index (χ3n) is 3.18. The Kier molecular flexibility index (Phi) is 3.02. The van der Waals surface area contributed by atoms with Crippen molar-refractivity contribution in [1.82, 2.24) is 0 Å². The van der Waals surface area contributed by atoms with E-state index in [9.17, 15) is 20.1 Å². The number of rotatable bonds is 2. The second kappa shape index (κ2) is 4.24. The third-order valence-corrected chi connectivity index (χ3v) is 3.18. The summed E-state index contributed by atoms with van der Waals surface area (Å²) in [7, 11) is 1.37. The highest BCUT2D eigenvalue weighted by Crippen LogP contribution is 2.42. The summed E-state index contributed by atoms with van der Waals surface area (Å²) in [5.74, 6) is -0.597. The van der Waals surface area contributed by atoms with Crippen molar-refractivity contribution in [2.45, 2.75) is 18.1 Å². The predicted molar refractivity (Wildman–Crippen MR) is 60.6 cm³/mol. The van der Waals surface area contributed by atoms with Crippen molar-refractivity contribution >= 4 is 5.78 Å². The maximum Gasteiger partial charge on any atom is 0.170 e. The van der Waals surface area contributed by atoms with Gasteiger partial charge in [0.15, 0.2) is 5.78 Å². The highest BCUT2D eigenvalue weighted by Gasteiger charge is 2.45. The predicted octanol–water partition coefficient (Wildman–Crippen LogP) is -0.256. The van der Waals surface area contributed by atoms with Crippen LogP contribution < -0.4 is 4.74 Å². The van der Waals surface area contributed by atoms with Crippen LogP contribution in [0.1, 0.15) is 28.4 Å². The summed E-state index contributed by atoms with van der Waals surface area (Å²) in [6, 6.07) is 2.62. The summed E-state index contributed by atoms with van der Waals surface area (Å²) >= 11 is 0. The lowest BCUT2D eigenvalue weighted by molar-refractivity contribution is -0.109. The zero-order valence-electron chi connectivity index (χ0n) is 9.75. The lowest BCUT2D eigenvalue weighted by atomic mass is 9.77. The molecule has 0 saturated heterocycles. The van der Waals surface area contributed by atoms with Crippen molar-refractivity contribution in [3.05, 3.63) is 23.3 Å². The highest BCUT2D eigenvalue weighted by molar-refractivity contribution is 6.02. The quantitative estimate of drug-likeness (QED) is 0.579. The van der Waals surface area contributed by atoms with Gasteiger partial charge in [0.05, 0.1) is 19.3 Å². The van der Waals surface area contributed by atoms with Gasteiger partial charge in [0.1, 0.15) is 23.2 Å². The average molecular weight is 254 g/mol. The standard InChI is InChI=1S/C12H14O6/c1-18-6-2-7-10(8(14)3-6)9(15)4-12(17,5-13)11(7)16/h2-3,11,13-14,16-17H,4-5H2,1H3/t11-,12+/m0/s1. The van der Waals surface area contributed by atoms with Gasteiger partial charge >= 0.3 is 0 Å². The Morgan fingerprint density at radius 2 is 2.17 bits per heavy atom. The number of hydrogen-bond donors (Lipinski definition) is 4. The first-order valence-electron chi connectivity index (χ1n) is 5.38. The maximum absolute atomic E-state index is 11.8. The minimum absolute atomic E-state index is 0.0403. The van der Waals surface area contributed by atoms with Gasteiger partial charge in [0, 0.05) is 18.1 Å². The molecule has 0 aromatic heterocycles. The number of ketones is 1. The molecule has 2 rings (SSSR count). The molecule has 0 fully saturated rings. The third kappa shape index (κ3) is 1.74. The zero-order chi connectivity index (χ0) is 13.5. The van der Waals surface area contributed by atoms with Crippen LogP contribution in [0, 0.1) is 0 Å². The fraction of sp³-hybridized carbons (Fsp3) is 0.417. The minimum atomic E-state index is -1.93. The molecule has 1 aliphatic rings. The number of ether oxygens (including phenoxy) is 1. The van der Waals surface area contributed by atoms with E-state index in [0.29, 0.717) is 0 Å². The van der Waals surface area contributed by atoms with E-state index < -0.39 is 30.5 Å². The Bertz CT molecular complexity index is 498. The van der Waals surface area contributed by atoms with E-state index in [-0.39, 0.29) is 22.6 Å². The fourth-order valence-corrected chi connectivity index (χ4v) is 2.15. The number of Topliss-reactive ketones (excluding diaryl/α,β-unsaturated/α-hetero) is 1. The number of aromatic hydroxyl groups is 1. The molecule has 0 saturated carbocycles. The lowest BCUT2D eigenvalue weighted by Gasteiger charge is -2.36. The molecule has 0 bridgehead atoms. The van der Waals surface area contributed by atoms with Crippen LogP contribution >= 0.6 is 0 Å². The van der Waals surface area contributed by atoms with E-state index in [4.69, 9.17) is 9.84 Å². The molecule has 6 nitrogen and oxygen atoms in total. The molecule has 98 valence electrons. The topological polar surface area (TPSA) is 107 Å². The van der Waals surface area contributed by atoms with Crippen LogP contribution in [0.2, 0.25) is 0 Å². The number of aliphatic hydroxyl groups excluding tert-OH is 2. The SMILES string of the molecule is COc1cc(O)c2c(c1)[C@H](O)[C@](O)(CO)CC2=O. The maximum atomic E-state index is 11.8. The van der Waals surface area contributed by atoms with Crippen LogP contribution in [-0.4, -0.2) is 45.5 Å². The Labute approximate surface area is 103 Å². The van der Waals surface area contributed by atoms with Crippen LogP contribution in [0.25, 0.3) is 0 Å². The Morgan fingerprint density at radius 3 is 2.72 bits per heavy atom. The van der Waals surface area contributed by atoms with E-state index in [1.54, 1.807) is 0 Å². The van der Waals surface area contributed by atoms with Crippen molar-refractivity contribution in [3.8, 4) is 11.5 Å². The molecule has 0 radical (unpaired) electrons. The molecule has 1 aliphatic carbocycles. The molecule has 6 heteroatoms. The molecule has 1 aromatic carbocycles. The molecule has 2 atom stereocenters. The molecular formula is C12H14O6. The summed E-state index contributed by atoms with van der Waals surface area (Å²) in [6.07, 6.45) is -1.91. The first-order chi connectivity index (χ1) is 8.42. The van der Waals surface area contributed by atoms with Crippen LogP contribution in [0.5, 0.6) is 11.5 Å². The zero-order valence-corrected chi connectivity index (χ0v) is 9.75. The first-order valence-corrected chi connectivity index (χ1v) is 5.38. The van der Waals surface area contributed by atoms with Gasteiger partial charge in [-0.3, -0.25) is 4.79 Å². The summed E-state index contributed by atoms with van der Waals surface area (Å²) in [4.78, 5) is 11.8. The smallest absolute Gasteiger partial charge is 0.170 e. The van der Waals surface area contributed by atoms with Gasteiger partial charge in [-0.2, -0.15) is 0 Å². The van der Waals surface area contributed by atoms with Gasteiger partial charge < -0.3 is 25.2 Å². The summed E-state index contributed by atoms with van der Waals surface area (Å²) in [5, 5.41) is 38.8. The number of fused-ring (bicyclic) bond motifs is 1. The van der Waals surface area contributed by atoms with Crippen molar-refractivity contribution in [3.63, 3.8) is 0 Å². The number of phenols is 1. The van der Waals surface area contributed by atoms with Crippen LogP contribution in [0.4, 0.5) is 0 Å². The molecule has 0 spiro atoms. The van der Waals surface area contributed by atoms with E-state index in [0.717, 1.165) is 0 Å². The number of aliphatic hydroxyl groups is 3. The number of methoxy groups -OCH3 is 1. The first kappa shape index (κ1) is 12.8. The van der Waals surface area contributed by atoms with Crippen LogP contribution in [0.15, 0.2) is 12.1 Å². The summed E-state index contributed by atoms with van der Waals surface area (Å²) in [6.45, 7) is -0.753. The van der Waals surface area contributed by atoms with Crippen molar-refractivity contribution in [1.29, 1.82) is 0 Å². The van der Waals surface area contributed by atoms with E-state index in [2.05, 4.69) is 0 Å². The van der Waals surface area contributed by atoms with E-state index in [1.807, 2.05) is 0 Å². The molecule has 1 aromatic rings. The van der Waals surface area contributed by atoms with Gasteiger partial charge in [-0.15, -0.1) is 0 Å². The molecule has 18 heavy (non-hydrogen) atoms. The Balaban J connectivity index is 2.63. The number of phenolic OH excluding ortho intramolecular Hbond substituents is 1. The number of benzene rings is 1. The number of hydrogen-bond acceptors (Lipinski definition) is 6. The highest BCUT2D eigenvalue weighted by atomic mass is 16.5. The monoisotopic (exact) mass is 254 g/mol. The molecule has 0 amide bonds. The Hall–Kier alpha value is -1.63. The normalized spacial score (nSPS) is 26.9. The molecule has 0 aliphatic heterocycles. The second-order valence-corrected chi connectivity index (χ2v) is 4.37. The van der Waals surface area contributed by atoms with Crippen molar-refractivity contribution in [2.75, 3.05) is 13.7 Å². The summed E-state index contributed by atoms with van der Waals surface area (Å²) < 4.78 is 4.92. The number of carbonyl (C=O) groups excluding carboxylic acids is 1. The fourth-order valence-electron chi connectivity index (χ4n) is 2.15. The summed E-state index contributed by atoms with van der Waals surface area (Å²) in [5.41, 5.74) is -1.91. The second-order valence-electron chi connectivity index (χ2n) is 4.37. The van der Waals surface area contributed by atoms with Crippen LogP contribution in [0.3, 0.4) is 0 Å². The largest absolute Gasteiger partial charge is 0.507 e. The van der Waals surface area contributed by atoms with E-state index in [1.165, 1.54) is 19.2 Å². The van der Waals surface area contributed by atoms with Gasteiger partial charge in [0.2, 0.25) is 0 Å². The lowest BCUT2D eigenvalue weighted by Crippen LogP contribution is -2.46. The average Bonchev–Trinajstić information content (AvgIpc) is 2.35. The number of carbonyl (C=O) groups is 1.